The molecule has 2 rings (SSSR count). The molecule has 1 fully saturated rings. The van der Waals surface area contributed by atoms with E-state index in [0.717, 1.165) is 18.5 Å². The molecule has 3 heteroatoms. The lowest BCUT2D eigenvalue weighted by Crippen LogP contribution is -2.44. The molecule has 3 unspecified atom stereocenters. The summed E-state index contributed by atoms with van der Waals surface area (Å²) in [5, 5.41) is 0. The Hall–Kier alpha value is -0.930. The highest BCUT2D eigenvalue weighted by molar-refractivity contribution is 5.20. The first kappa shape index (κ1) is 15.5. The fraction of sp³-hybridized carbons (Fsp3) is 0.647. The van der Waals surface area contributed by atoms with Crippen molar-refractivity contribution in [2.45, 2.75) is 51.1 Å². The molecule has 2 nitrogen and oxygen atoms in total. The van der Waals surface area contributed by atoms with Crippen LogP contribution in [0.3, 0.4) is 0 Å². The van der Waals surface area contributed by atoms with Crippen LogP contribution in [0, 0.1) is 11.7 Å². The van der Waals surface area contributed by atoms with Crippen LogP contribution in [0.2, 0.25) is 0 Å². The van der Waals surface area contributed by atoms with Gasteiger partial charge < -0.3 is 5.73 Å². The number of benzene rings is 1. The number of hydrogen-bond acceptors (Lipinski definition) is 2. The normalized spacial score (nSPS) is 24.9. The molecular weight excluding hydrogens is 251 g/mol. The van der Waals surface area contributed by atoms with Crippen LogP contribution in [0.4, 0.5) is 4.39 Å². The molecule has 1 aromatic carbocycles. The highest BCUT2D eigenvalue weighted by Crippen LogP contribution is 2.33. The van der Waals surface area contributed by atoms with Gasteiger partial charge in [-0.25, -0.2) is 4.39 Å². The van der Waals surface area contributed by atoms with Crippen molar-refractivity contribution in [3.63, 3.8) is 0 Å². The van der Waals surface area contributed by atoms with Crippen LogP contribution in [0.1, 0.15) is 50.6 Å². The van der Waals surface area contributed by atoms with Gasteiger partial charge in [-0.1, -0.05) is 31.9 Å². The summed E-state index contributed by atoms with van der Waals surface area (Å²) >= 11 is 0. The van der Waals surface area contributed by atoms with E-state index in [4.69, 9.17) is 5.73 Å². The minimum absolute atomic E-state index is 0.145. The highest BCUT2D eigenvalue weighted by atomic mass is 19.1. The third-order valence-corrected chi connectivity index (χ3v) is 4.81. The SMILES string of the molecule is CCC(c1cccc(F)c1)N(C)C1CCCCC1CN. The van der Waals surface area contributed by atoms with E-state index in [9.17, 15) is 4.39 Å². The predicted octanol–water partition coefficient (Wildman–Crippen LogP) is 3.73. The van der Waals surface area contributed by atoms with Crippen molar-refractivity contribution >= 4 is 0 Å². The predicted molar refractivity (Wildman–Crippen MR) is 82.0 cm³/mol. The molecule has 1 aliphatic rings. The lowest BCUT2D eigenvalue weighted by atomic mass is 9.82. The fourth-order valence-corrected chi connectivity index (χ4v) is 3.70. The first-order chi connectivity index (χ1) is 9.67. The van der Waals surface area contributed by atoms with Crippen LogP contribution in [-0.2, 0) is 0 Å². The van der Waals surface area contributed by atoms with Crippen LogP contribution in [0.15, 0.2) is 24.3 Å². The lowest BCUT2D eigenvalue weighted by Gasteiger charge is -2.41. The fourth-order valence-electron chi connectivity index (χ4n) is 3.70. The highest BCUT2D eigenvalue weighted by Gasteiger charge is 2.31. The monoisotopic (exact) mass is 278 g/mol. The van der Waals surface area contributed by atoms with Crippen molar-refractivity contribution in [2.75, 3.05) is 13.6 Å². The summed E-state index contributed by atoms with van der Waals surface area (Å²) in [6, 6.07) is 7.84. The number of nitrogens with two attached hydrogens (primary N) is 1. The number of nitrogens with zero attached hydrogens (tertiary/aromatic N) is 1. The van der Waals surface area contributed by atoms with Gasteiger partial charge in [0.1, 0.15) is 5.82 Å². The standard InChI is InChI=1S/C17H27FN2/c1-3-16(13-8-6-9-15(18)11-13)20(2)17-10-5-4-7-14(17)12-19/h6,8-9,11,14,16-17H,3-5,7,10,12,19H2,1-2H3. The molecule has 0 saturated heterocycles. The third kappa shape index (κ3) is 3.39. The van der Waals surface area contributed by atoms with Gasteiger partial charge in [0.15, 0.2) is 0 Å². The molecule has 2 N–H and O–H groups in total. The lowest BCUT2D eigenvalue weighted by molar-refractivity contribution is 0.0894. The summed E-state index contributed by atoms with van der Waals surface area (Å²) in [5.41, 5.74) is 7.03. The molecule has 1 saturated carbocycles. The maximum absolute atomic E-state index is 13.5. The molecule has 112 valence electrons. The first-order valence-electron chi connectivity index (χ1n) is 7.84. The second-order valence-corrected chi connectivity index (χ2v) is 5.99. The molecule has 3 atom stereocenters. The summed E-state index contributed by atoms with van der Waals surface area (Å²) in [5.74, 6) is 0.435. The van der Waals surface area contributed by atoms with E-state index in [2.05, 4.69) is 18.9 Å². The Morgan fingerprint density at radius 3 is 2.75 bits per heavy atom. The first-order valence-corrected chi connectivity index (χ1v) is 7.84. The summed E-state index contributed by atoms with van der Waals surface area (Å²) in [4.78, 5) is 2.44. The second kappa shape index (κ2) is 7.19. The summed E-state index contributed by atoms with van der Waals surface area (Å²) < 4.78 is 13.5. The summed E-state index contributed by atoms with van der Waals surface area (Å²) in [6.45, 7) is 2.93. The van der Waals surface area contributed by atoms with Crippen molar-refractivity contribution in [1.82, 2.24) is 4.90 Å². The van der Waals surface area contributed by atoms with E-state index in [1.165, 1.54) is 31.7 Å². The maximum Gasteiger partial charge on any atom is 0.123 e. The number of hydrogen-bond donors (Lipinski definition) is 1. The zero-order valence-corrected chi connectivity index (χ0v) is 12.7. The van der Waals surface area contributed by atoms with Crippen molar-refractivity contribution in [1.29, 1.82) is 0 Å². The zero-order valence-electron chi connectivity index (χ0n) is 12.7. The van der Waals surface area contributed by atoms with Crippen LogP contribution in [0.25, 0.3) is 0 Å². The molecule has 1 aliphatic carbocycles. The van der Waals surface area contributed by atoms with Gasteiger partial charge in [0, 0.05) is 12.1 Å². The van der Waals surface area contributed by atoms with Gasteiger partial charge >= 0.3 is 0 Å². The van der Waals surface area contributed by atoms with Gasteiger partial charge in [-0.3, -0.25) is 4.90 Å². The Kier molecular flexibility index (Phi) is 5.55. The number of rotatable bonds is 5. The van der Waals surface area contributed by atoms with E-state index >= 15 is 0 Å². The summed E-state index contributed by atoms with van der Waals surface area (Å²) in [7, 11) is 2.18. The van der Waals surface area contributed by atoms with Crippen LogP contribution >= 0.6 is 0 Å². The Balaban J connectivity index is 2.17. The van der Waals surface area contributed by atoms with Crippen molar-refractivity contribution in [3.05, 3.63) is 35.6 Å². The molecule has 0 radical (unpaired) electrons. The van der Waals surface area contributed by atoms with Crippen molar-refractivity contribution < 1.29 is 4.39 Å². The van der Waals surface area contributed by atoms with Gasteiger partial charge in [0.25, 0.3) is 0 Å². The van der Waals surface area contributed by atoms with Gasteiger partial charge in [-0.2, -0.15) is 0 Å². The van der Waals surface area contributed by atoms with Gasteiger partial charge in [0.05, 0.1) is 0 Å². The van der Waals surface area contributed by atoms with E-state index in [1.54, 1.807) is 6.07 Å². The second-order valence-electron chi connectivity index (χ2n) is 5.99. The average molecular weight is 278 g/mol. The molecule has 0 aromatic heterocycles. The molecule has 0 amide bonds. The Morgan fingerprint density at radius 2 is 2.10 bits per heavy atom. The Morgan fingerprint density at radius 1 is 1.35 bits per heavy atom. The number of halogens is 1. The van der Waals surface area contributed by atoms with E-state index in [1.807, 2.05) is 12.1 Å². The molecule has 0 bridgehead atoms. The largest absolute Gasteiger partial charge is 0.330 e. The Bertz CT molecular complexity index is 421. The topological polar surface area (TPSA) is 29.3 Å². The Labute approximate surface area is 122 Å². The molecular formula is C17H27FN2. The van der Waals surface area contributed by atoms with Gasteiger partial charge in [-0.15, -0.1) is 0 Å². The summed E-state index contributed by atoms with van der Waals surface area (Å²) in [6.07, 6.45) is 6.01. The minimum Gasteiger partial charge on any atom is -0.330 e. The third-order valence-electron chi connectivity index (χ3n) is 4.81. The molecule has 1 aromatic rings. The molecule has 20 heavy (non-hydrogen) atoms. The molecule has 0 heterocycles. The van der Waals surface area contributed by atoms with Gasteiger partial charge in [0.2, 0.25) is 0 Å². The van der Waals surface area contributed by atoms with Crippen molar-refractivity contribution in [3.8, 4) is 0 Å². The molecule has 0 spiro atoms. The van der Waals surface area contributed by atoms with Crippen LogP contribution < -0.4 is 5.73 Å². The van der Waals surface area contributed by atoms with Crippen LogP contribution in [-0.4, -0.2) is 24.5 Å². The molecule has 0 aliphatic heterocycles. The van der Waals surface area contributed by atoms with Crippen molar-refractivity contribution in [2.24, 2.45) is 11.7 Å². The maximum atomic E-state index is 13.5. The van der Waals surface area contributed by atoms with E-state index in [0.29, 0.717) is 12.0 Å². The minimum atomic E-state index is -0.145. The zero-order chi connectivity index (χ0) is 14.5. The van der Waals surface area contributed by atoms with E-state index in [-0.39, 0.29) is 11.9 Å². The average Bonchev–Trinajstić information content (AvgIpc) is 2.48. The van der Waals surface area contributed by atoms with Gasteiger partial charge in [-0.05, 0) is 56.5 Å². The van der Waals surface area contributed by atoms with E-state index < -0.39 is 0 Å². The smallest absolute Gasteiger partial charge is 0.123 e. The van der Waals surface area contributed by atoms with Crippen LogP contribution in [0.5, 0.6) is 0 Å². The quantitative estimate of drug-likeness (QED) is 0.889.